The number of carbonyl (C=O) groups is 2. The number of hydrogen-bond donors (Lipinski definition) is 1. The standard InChI is InChI=1S/C28H37N3O2.H2/c1-20(32)24-13-14-25-28(29-27(2,3)19-31(24)25)15-17-30(18-16-28)26(33)23-11-9-22(10-12-23)21-7-5-4-6-8-21;/h9-14,21,29H,4-8,15-19H2,1-3H3;1H. The molecule has 0 bridgehead atoms. The van der Waals surface area contributed by atoms with Gasteiger partial charge in [-0.1, -0.05) is 31.4 Å². The third kappa shape index (κ3) is 4.16. The van der Waals surface area contributed by atoms with Gasteiger partial charge < -0.3 is 9.47 Å². The molecule has 3 heterocycles. The van der Waals surface area contributed by atoms with Crippen molar-refractivity contribution < 1.29 is 11.0 Å². The van der Waals surface area contributed by atoms with Crippen molar-refractivity contribution >= 4 is 11.7 Å². The van der Waals surface area contributed by atoms with Crippen molar-refractivity contribution in [3.8, 4) is 0 Å². The van der Waals surface area contributed by atoms with E-state index in [1.54, 1.807) is 6.92 Å². The summed E-state index contributed by atoms with van der Waals surface area (Å²) in [4.78, 5) is 27.5. The van der Waals surface area contributed by atoms with Crippen LogP contribution in [0.2, 0.25) is 0 Å². The van der Waals surface area contributed by atoms with Crippen molar-refractivity contribution in [1.29, 1.82) is 0 Å². The molecule has 178 valence electrons. The second kappa shape index (κ2) is 8.43. The molecule has 5 nitrogen and oxygen atoms in total. The van der Waals surface area contributed by atoms with E-state index in [9.17, 15) is 9.59 Å². The summed E-state index contributed by atoms with van der Waals surface area (Å²) in [6.45, 7) is 8.26. The number of benzene rings is 1. The molecule has 2 aliphatic heterocycles. The maximum atomic E-state index is 13.3. The fraction of sp³-hybridized carbons (Fsp3) is 0.571. The molecule has 2 fully saturated rings. The van der Waals surface area contributed by atoms with Crippen molar-refractivity contribution in [3.05, 3.63) is 58.9 Å². The van der Waals surface area contributed by atoms with E-state index < -0.39 is 0 Å². The summed E-state index contributed by atoms with van der Waals surface area (Å²) in [5.41, 5.74) is 3.85. The second-order valence-corrected chi connectivity index (χ2v) is 11.1. The Balaban J connectivity index is 0.00000274. The molecule has 3 aliphatic rings. The Hall–Kier alpha value is -2.40. The smallest absolute Gasteiger partial charge is 0.253 e. The van der Waals surface area contributed by atoms with Gasteiger partial charge in [0.05, 0.1) is 11.2 Å². The first-order valence-corrected chi connectivity index (χ1v) is 12.7. The first-order valence-electron chi connectivity index (χ1n) is 12.7. The topological polar surface area (TPSA) is 54.3 Å². The van der Waals surface area contributed by atoms with Crippen LogP contribution in [0.4, 0.5) is 0 Å². The molecule has 2 aromatic rings. The lowest BCUT2D eigenvalue weighted by Crippen LogP contribution is -2.63. The van der Waals surface area contributed by atoms with Crippen molar-refractivity contribution in [1.82, 2.24) is 14.8 Å². The van der Waals surface area contributed by atoms with E-state index in [0.29, 0.717) is 19.0 Å². The zero-order chi connectivity index (χ0) is 23.2. The Kier molecular flexibility index (Phi) is 5.72. The molecule has 1 spiro atoms. The summed E-state index contributed by atoms with van der Waals surface area (Å²) in [7, 11) is 0. The largest absolute Gasteiger partial charge is 0.339 e. The van der Waals surface area contributed by atoms with E-state index in [1.807, 2.05) is 23.1 Å². The SMILES string of the molecule is CC(=O)c1ccc2n1CC(C)(C)NC21CCN(C(=O)c2ccc(C3CCCCC3)cc2)CC1.[HH]. The van der Waals surface area contributed by atoms with Gasteiger partial charge in [-0.3, -0.25) is 14.9 Å². The number of ketones is 1. The molecule has 1 aliphatic carbocycles. The average Bonchev–Trinajstić information content (AvgIpc) is 3.24. The number of rotatable bonds is 3. The van der Waals surface area contributed by atoms with Gasteiger partial charge in [0.25, 0.3) is 5.91 Å². The predicted octanol–water partition coefficient (Wildman–Crippen LogP) is 5.50. The van der Waals surface area contributed by atoms with E-state index in [0.717, 1.165) is 30.6 Å². The van der Waals surface area contributed by atoms with Crippen molar-refractivity contribution in [2.45, 2.75) is 89.3 Å². The summed E-state index contributed by atoms with van der Waals surface area (Å²) >= 11 is 0. The average molecular weight is 450 g/mol. The number of aromatic nitrogens is 1. The number of hydrogen-bond acceptors (Lipinski definition) is 3. The number of nitrogens with one attached hydrogen (secondary N) is 1. The molecule has 1 N–H and O–H groups in total. The summed E-state index contributed by atoms with van der Waals surface area (Å²) in [6, 6.07) is 12.5. The van der Waals surface area contributed by atoms with Crippen LogP contribution in [-0.4, -0.2) is 39.8 Å². The first kappa shape index (κ1) is 22.4. The monoisotopic (exact) mass is 449 g/mol. The normalized spacial score (nSPS) is 22.2. The number of likely N-dealkylation sites (tertiary alicyclic amines) is 1. The zero-order valence-corrected chi connectivity index (χ0v) is 20.3. The van der Waals surface area contributed by atoms with Gasteiger partial charge in [0.2, 0.25) is 0 Å². The Labute approximate surface area is 199 Å². The van der Waals surface area contributed by atoms with E-state index in [1.165, 1.54) is 43.4 Å². The summed E-state index contributed by atoms with van der Waals surface area (Å²) in [5, 5.41) is 3.89. The van der Waals surface area contributed by atoms with E-state index in [2.05, 4.69) is 41.9 Å². The minimum atomic E-state index is -0.197. The van der Waals surface area contributed by atoms with E-state index in [4.69, 9.17) is 0 Å². The van der Waals surface area contributed by atoms with Crippen LogP contribution in [0.1, 0.15) is 105 Å². The predicted molar refractivity (Wildman–Crippen MR) is 133 cm³/mol. The van der Waals surface area contributed by atoms with Gasteiger partial charge in [0, 0.05) is 44.8 Å². The number of piperidine rings is 1. The lowest BCUT2D eigenvalue weighted by atomic mass is 9.79. The Morgan fingerprint density at radius 3 is 2.27 bits per heavy atom. The van der Waals surface area contributed by atoms with Gasteiger partial charge in [-0.25, -0.2) is 0 Å². The highest BCUT2D eigenvalue weighted by Gasteiger charge is 2.46. The molecule has 5 rings (SSSR count). The van der Waals surface area contributed by atoms with Crippen molar-refractivity contribution in [2.75, 3.05) is 13.1 Å². The summed E-state index contributed by atoms with van der Waals surface area (Å²) in [5.74, 6) is 0.905. The fourth-order valence-corrected chi connectivity index (χ4v) is 6.50. The molecule has 0 unspecified atom stereocenters. The summed E-state index contributed by atoms with van der Waals surface area (Å²) in [6.07, 6.45) is 8.26. The van der Waals surface area contributed by atoms with Crippen LogP contribution in [0.5, 0.6) is 0 Å². The maximum Gasteiger partial charge on any atom is 0.253 e. The van der Waals surface area contributed by atoms with Crippen LogP contribution in [-0.2, 0) is 12.1 Å². The fourth-order valence-electron chi connectivity index (χ4n) is 6.50. The third-order valence-corrected chi connectivity index (χ3v) is 8.10. The van der Waals surface area contributed by atoms with E-state index in [-0.39, 0.29) is 24.2 Å². The molecule has 33 heavy (non-hydrogen) atoms. The summed E-state index contributed by atoms with van der Waals surface area (Å²) < 4.78 is 2.21. The van der Waals surface area contributed by atoms with Crippen molar-refractivity contribution in [3.63, 3.8) is 0 Å². The van der Waals surface area contributed by atoms with Gasteiger partial charge in [-0.15, -0.1) is 0 Å². The van der Waals surface area contributed by atoms with Crippen molar-refractivity contribution in [2.24, 2.45) is 0 Å². The van der Waals surface area contributed by atoms with Gasteiger partial charge in [-0.2, -0.15) is 0 Å². The second-order valence-electron chi connectivity index (χ2n) is 11.1. The lowest BCUT2D eigenvalue weighted by molar-refractivity contribution is 0.0519. The van der Waals surface area contributed by atoms with Gasteiger partial charge >= 0.3 is 0 Å². The molecule has 1 aromatic heterocycles. The van der Waals surface area contributed by atoms with E-state index >= 15 is 0 Å². The van der Waals surface area contributed by atoms with Gasteiger partial charge in [0.1, 0.15) is 0 Å². The Morgan fingerprint density at radius 2 is 1.64 bits per heavy atom. The Morgan fingerprint density at radius 1 is 0.970 bits per heavy atom. The number of carbonyl (C=O) groups excluding carboxylic acids is 2. The van der Waals surface area contributed by atoms with Crippen LogP contribution in [0.3, 0.4) is 0 Å². The maximum absolute atomic E-state index is 13.3. The minimum Gasteiger partial charge on any atom is -0.339 e. The number of amides is 1. The van der Waals surface area contributed by atoms with Crippen LogP contribution >= 0.6 is 0 Å². The molecular weight excluding hydrogens is 410 g/mol. The van der Waals surface area contributed by atoms with Crippen LogP contribution in [0.25, 0.3) is 0 Å². The van der Waals surface area contributed by atoms with Crippen LogP contribution in [0.15, 0.2) is 36.4 Å². The molecule has 0 atom stereocenters. The highest BCUT2D eigenvalue weighted by Crippen LogP contribution is 2.40. The molecule has 5 heteroatoms. The highest BCUT2D eigenvalue weighted by molar-refractivity contribution is 5.94. The first-order chi connectivity index (χ1) is 15.8. The molecule has 1 aromatic carbocycles. The number of nitrogens with zero attached hydrogens (tertiary/aromatic N) is 2. The quantitative estimate of drug-likeness (QED) is 0.630. The van der Waals surface area contributed by atoms with Crippen LogP contribution in [0, 0.1) is 0 Å². The molecule has 0 radical (unpaired) electrons. The van der Waals surface area contributed by atoms with Gasteiger partial charge in [0.15, 0.2) is 5.78 Å². The third-order valence-electron chi connectivity index (χ3n) is 8.10. The minimum absolute atomic E-state index is 0. The molecular formula is C28H39N3O2. The zero-order valence-electron chi connectivity index (χ0n) is 20.3. The highest BCUT2D eigenvalue weighted by atomic mass is 16.2. The Bertz CT molecular complexity index is 1040. The molecule has 1 amide bonds. The lowest BCUT2D eigenvalue weighted by Gasteiger charge is -2.51. The number of Topliss-reactive ketones (excluding diaryl/α,β-unsaturated/α-hetero) is 1. The number of fused-ring (bicyclic) bond motifs is 2. The van der Waals surface area contributed by atoms with Crippen LogP contribution < -0.4 is 5.32 Å². The van der Waals surface area contributed by atoms with Gasteiger partial charge in [-0.05, 0) is 75.3 Å². The molecule has 1 saturated carbocycles. The molecule has 1 saturated heterocycles.